The van der Waals surface area contributed by atoms with Gasteiger partial charge in [-0.25, -0.2) is 0 Å². The van der Waals surface area contributed by atoms with Gasteiger partial charge in [-0.15, -0.1) is 0 Å². The van der Waals surface area contributed by atoms with Crippen molar-refractivity contribution in [2.75, 3.05) is 31.5 Å². The molecule has 0 radical (unpaired) electrons. The average molecular weight is 369 g/mol. The lowest BCUT2D eigenvalue weighted by Gasteiger charge is -2.21. The number of aryl methyl sites for hydroxylation is 1. The first-order valence-corrected chi connectivity index (χ1v) is 10.4. The summed E-state index contributed by atoms with van der Waals surface area (Å²) in [6.45, 7) is 5.29. The molecule has 0 aliphatic carbocycles. The monoisotopic (exact) mass is 368 g/mol. The van der Waals surface area contributed by atoms with Gasteiger partial charge in [-0.05, 0) is 24.3 Å². The Hall–Kier alpha value is -2.11. The zero-order valence-corrected chi connectivity index (χ0v) is 16.3. The van der Waals surface area contributed by atoms with E-state index >= 15 is 0 Å². The molecule has 2 fully saturated rings. The number of benzene rings is 1. The third-order valence-electron chi connectivity index (χ3n) is 6.21. The first kappa shape index (κ1) is 18.3. The number of hydrogen-bond donors (Lipinski definition) is 3. The van der Waals surface area contributed by atoms with Crippen molar-refractivity contribution in [3.63, 3.8) is 0 Å². The number of nitrogens with zero attached hydrogens (tertiary/aromatic N) is 1. The third-order valence-corrected chi connectivity index (χ3v) is 6.21. The molecule has 5 heteroatoms. The molecule has 5 nitrogen and oxygen atoms in total. The molecule has 0 saturated carbocycles. The van der Waals surface area contributed by atoms with Crippen LogP contribution >= 0.6 is 0 Å². The number of carbonyl (C=O) groups excluding carboxylic acids is 1. The van der Waals surface area contributed by atoms with Crippen LogP contribution in [-0.4, -0.2) is 36.7 Å². The van der Waals surface area contributed by atoms with Crippen LogP contribution < -0.4 is 15.1 Å². The van der Waals surface area contributed by atoms with Gasteiger partial charge in [-0.3, -0.25) is 4.79 Å². The molecule has 3 heterocycles. The summed E-state index contributed by atoms with van der Waals surface area (Å²) in [6.07, 6.45) is 7.15. The van der Waals surface area contributed by atoms with Crippen molar-refractivity contribution in [3.05, 3.63) is 53.9 Å². The minimum atomic E-state index is 0.115. The van der Waals surface area contributed by atoms with Gasteiger partial charge < -0.3 is 19.7 Å². The SMILES string of the molecule is Cn1cccc1[C@H]1CCC[NH+]1CC(=O)Nc1ccc(C[NH+]2CCCC2)cc1. The first-order chi connectivity index (χ1) is 13.2. The second-order valence-electron chi connectivity index (χ2n) is 8.20. The maximum absolute atomic E-state index is 12.6. The Morgan fingerprint density at radius 2 is 1.89 bits per heavy atom. The molecular formula is C22H32N4O+2. The van der Waals surface area contributed by atoms with Crippen molar-refractivity contribution < 1.29 is 14.6 Å². The highest BCUT2D eigenvalue weighted by Crippen LogP contribution is 2.19. The van der Waals surface area contributed by atoms with Gasteiger partial charge in [0, 0.05) is 50.2 Å². The summed E-state index contributed by atoms with van der Waals surface area (Å²) in [6, 6.07) is 13.1. The van der Waals surface area contributed by atoms with Gasteiger partial charge in [0.05, 0.1) is 25.3 Å². The molecule has 2 aliphatic heterocycles. The summed E-state index contributed by atoms with van der Waals surface area (Å²) < 4.78 is 2.19. The maximum atomic E-state index is 12.6. The predicted molar refractivity (Wildman–Crippen MR) is 107 cm³/mol. The molecule has 1 unspecified atom stereocenters. The molecule has 27 heavy (non-hydrogen) atoms. The number of nitrogens with one attached hydrogen (secondary N) is 3. The fraction of sp³-hybridized carbons (Fsp3) is 0.500. The van der Waals surface area contributed by atoms with Crippen molar-refractivity contribution in [3.8, 4) is 0 Å². The number of carbonyl (C=O) groups is 1. The lowest BCUT2D eigenvalue weighted by molar-refractivity contribution is -0.910. The van der Waals surface area contributed by atoms with Crippen LogP contribution in [0.4, 0.5) is 5.69 Å². The lowest BCUT2D eigenvalue weighted by Crippen LogP contribution is -3.11. The summed E-state index contributed by atoms with van der Waals surface area (Å²) >= 11 is 0. The van der Waals surface area contributed by atoms with Gasteiger partial charge in [0.15, 0.2) is 6.54 Å². The van der Waals surface area contributed by atoms with Gasteiger partial charge >= 0.3 is 0 Å². The largest absolute Gasteiger partial charge is 0.350 e. The quantitative estimate of drug-likeness (QED) is 0.686. The van der Waals surface area contributed by atoms with E-state index in [1.54, 1.807) is 4.90 Å². The highest BCUT2D eigenvalue weighted by molar-refractivity contribution is 5.91. The summed E-state index contributed by atoms with van der Waals surface area (Å²) in [5.41, 5.74) is 3.61. The van der Waals surface area contributed by atoms with Gasteiger partial charge in [0.1, 0.15) is 12.6 Å². The Bertz CT molecular complexity index is 761. The maximum Gasteiger partial charge on any atom is 0.279 e. The van der Waals surface area contributed by atoms with E-state index in [9.17, 15) is 4.79 Å². The average Bonchev–Trinajstić information content (AvgIpc) is 3.39. The van der Waals surface area contributed by atoms with E-state index in [1.165, 1.54) is 48.5 Å². The summed E-state index contributed by atoms with van der Waals surface area (Å²) in [4.78, 5) is 15.6. The summed E-state index contributed by atoms with van der Waals surface area (Å²) in [7, 11) is 2.09. The fourth-order valence-electron chi connectivity index (χ4n) is 4.77. The van der Waals surface area contributed by atoms with Crippen LogP contribution in [0, 0.1) is 0 Å². The number of anilines is 1. The molecular weight excluding hydrogens is 336 g/mol. The number of hydrogen-bond acceptors (Lipinski definition) is 1. The Kier molecular flexibility index (Phi) is 5.60. The Morgan fingerprint density at radius 3 is 2.59 bits per heavy atom. The van der Waals surface area contributed by atoms with Crippen molar-refractivity contribution in [2.45, 2.75) is 38.3 Å². The second-order valence-corrected chi connectivity index (χ2v) is 8.20. The number of rotatable bonds is 6. The molecule has 144 valence electrons. The Labute approximate surface area is 162 Å². The molecule has 0 bridgehead atoms. The van der Waals surface area contributed by atoms with Crippen LogP contribution in [0.25, 0.3) is 0 Å². The molecule has 2 saturated heterocycles. The molecule has 1 aromatic heterocycles. The molecule has 1 amide bonds. The van der Waals surface area contributed by atoms with E-state index in [0.29, 0.717) is 12.6 Å². The van der Waals surface area contributed by atoms with Crippen LogP contribution in [0.1, 0.15) is 43.0 Å². The van der Waals surface area contributed by atoms with Crippen LogP contribution in [0.2, 0.25) is 0 Å². The van der Waals surface area contributed by atoms with Crippen LogP contribution in [0.5, 0.6) is 0 Å². The molecule has 2 aromatic rings. The highest BCUT2D eigenvalue weighted by Gasteiger charge is 2.32. The molecule has 2 aliphatic rings. The number of quaternary nitrogens is 2. The molecule has 2 atom stereocenters. The predicted octanol–water partition coefficient (Wildman–Crippen LogP) is 0.562. The normalized spacial score (nSPS) is 23.0. The highest BCUT2D eigenvalue weighted by atomic mass is 16.2. The minimum absolute atomic E-state index is 0.115. The zero-order chi connectivity index (χ0) is 18.6. The van der Waals surface area contributed by atoms with E-state index < -0.39 is 0 Å². The number of aromatic nitrogens is 1. The van der Waals surface area contributed by atoms with Crippen LogP contribution in [0.3, 0.4) is 0 Å². The zero-order valence-electron chi connectivity index (χ0n) is 16.3. The van der Waals surface area contributed by atoms with E-state index in [2.05, 4.69) is 59.5 Å². The molecule has 0 spiro atoms. The Morgan fingerprint density at radius 1 is 1.11 bits per heavy atom. The standard InChI is InChI=1S/C22H30N4O/c1-24-12-4-6-20(24)21-7-5-15-26(21)17-22(27)23-19-10-8-18(9-11-19)16-25-13-2-3-14-25/h4,6,8-12,21H,2-3,5,7,13-17H2,1H3,(H,23,27)/p+2/t21-/m1/s1. The van der Waals surface area contributed by atoms with Crippen molar-refractivity contribution >= 4 is 11.6 Å². The molecule has 4 rings (SSSR count). The van der Waals surface area contributed by atoms with Crippen molar-refractivity contribution in [1.29, 1.82) is 0 Å². The first-order valence-electron chi connectivity index (χ1n) is 10.4. The topological polar surface area (TPSA) is 42.9 Å². The van der Waals surface area contributed by atoms with Gasteiger partial charge in [-0.1, -0.05) is 12.1 Å². The fourth-order valence-corrected chi connectivity index (χ4v) is 4.77. The van der Waals surface area contributed by atoms with Crippen molar-refractivity contribution in [1.82, 2.24) is 4.57 Å². The van der Waals surface area contributed by atoms with E-state index in [1.807, 2.05) is 0 Å². The Balaban J connectivity index is 1.31. The third kappa shape index (κ3) is 4.42. The van der Waals surface area contributed by atoms with E-state index in [-0.39, 0.29) is 5.91 Å². The molecule has 1 aromatic carbocycles. The van der Waals surface area contributed by atoms with Crippen molar-refractivity contribution in [2.24, 2.45) is 7.05 Å². The summed E-state index contributed by atoms with van der Waals surface area (Å²) in [5.74, 6) is 0.115. The number of likely N-dealkylation sites (tertiary alicyclic amines) is 2. The van der Waals surface area contributed by atoms with Crippen LogP contribution in [-0.2, 0) is 18.4 Å². The molecule has 3 N–H and O–H groups in total. The summed E-state index contributed by atoms with van der Waals surface area (Å²) in [5, 5.41) is 3.10. The van der Waals surface area contributed by atoms with Gasteiger partial charge in [0.25, 0.3) is 5.91 Å². The number of amides is 1. The van der Waals surface area contributed by atoms with Gasteiger partial charge in [-0.2, -0.15) is 0 Å². The lowest BCUT2D eigenvalue weighted by atomic mass is 10.1. The minimum Gasteiger partial charge on any atom is -0.350 e. The van der Waals surface area contributed by atoms with E-state index in [0.717, 1.165) is 25.2 Å². The van der Waals surface area contributed by atoms with Crippen LogP contribution in [0.15, 0.2) is 42.6 Å². The van der Waals surface area contributed by atoms with E-state index in [4.69, 9.17) is 0 Å². The van der Waals surface area contributed by atoms with Gasteiger partial charge in [0.2, 0.25) is 0 Å². The second kappa shape index (κ2) is 8.28. The smallest absolute Gasteiger partial charge is 0.279 e.